The minimum absolute atomic E-state index is 0.348. The van der Waals surface area contributed by atoms with Crippen molar-refractivity contribution in [1.29, 1.82) is 0 Å². The Labute approximate surface area is 177 Å². The standard InChI is InChI=1S/C25H17ClN2O2/c1-15-13-20-22(14-19(15)18-10-4-5-11-21(18)26)27-25(30)28(24(20)29)23-12-6-8-16-7-2-3-9-17(16)23/h2-14H,1H3,(H,27,30). The molecule has 1 N–H and O–H groups in total. The number of rotatable bonds is 2. The maximum atomic E-state index is 13.4. The molecule has 5 rings (SSSR count). The first kappa shape index (κ1) is 18.4. The van der Waals surface area contributed by atoms with Crippen molar-refractivity contribution < 1.29 is 0 Å². The lowest BCUT2D eigenvalue weighted by Crippen LogP contribution is -2.33. The van der Waals surface area contributed by atoms with Gasteiger partial charge >= 0.3 is 5.69 Å². The van der Waals surface area contributed by atoms with Crippen molar-refractivity contribution in [3.05, 3.63) is 110 Å². The highest BCUT2D eigenvalue weighted by Crippen LogP contribution is 2.32. The van der Waals surface area contributed by atoms with E-state index in [9.17, 15) is 9.59 Å². The Morgan fingerprint density at radius 1 is 0.800 bits per heavy atom. The molecule has 0 spiro atoms. The Kier molecular flexibility index (Phi) is 4.30. The van der Waals surface area contributed by atoms with Crippen LogP contribution in [0.1, 0.15) is 5.56 Å². The maximum Gasteiger partial charge on any atom is 0.333 e. The number of halogens is 1. The first-order chi connectivity index (χ1) is 14.5. The molecule has 0 aliphatic carbocycles. The molecule has 0 bridgehead atoms. The fraction of sp³-hybridized carbons (Fsp3) is 0.0400. The van der Waals surface area contributed by atoms with Crippen molar-refractivity contribution in [2.75, 3.05) is 0 Å². The average molecular weight is 413 g/mol. The number of aromatic amines is 1. The van der Waals surface area contributed by atoms with Crippen LogP contribution in [0.5, 0.6) is 0 Å². The maximum absolute atomic E-state index is 13.4. The summed E-state index contributed by atoms with van der Waals surface area (Å²) in [6.07, 6.45) is 0. The molecule has 0 saturated carbocycles. The zero-order valence-corrected chi connectivity index (χ0v) is 16.9. The van der Waals surface area contributed by atoms with Gasteiger partial charge in [0.1, 0.15) is 0 Å². The van der Waals surface area contributed by atoms with Crippen LogP contribution in [-0.2, 0) is 0 Å². The third-order valence-corrected chi connectivity index (χ3v) is 5.74. The van der Waals surface area contributed by atoms with Crippen LogP contribution in [0.3, 0.4) is 0 Å². The minimum Gasteiger partial charge on any atom is -0.306 e. The van der Waals surface area contributed by atoms with Gasteiger partial charge in [0.15, 0.2) is 0 Å². The second kappa shape index (κ2) is 7.01. The largest absolute Gasteiger partial charge is 0.333 e. The number of aryl methyl sites for hydroxylation is 1. The van der Waals surface area contributed by atoms with Gasteiger partial charge in [-0.3, -0.25) is 4.79 Å². The predicted molar refractivity (Wildman–Crippen MR) is 123 cm³/mol. The van der Waals surface area contributed by atoms with Gasteiger partial charge in [-0.25, -0.2) is 9.36 Å². The zero-order chi connectivity index (χ0) is 20.8. The van der Waals surface area contributed by atoms with E-state index in [2.05, 4.69) is 4.98 Å². The number of fused-ring (bicyclic) bond motifs is 2. The number of nitrogens with one attached hydrogen (secondary N) is 1. The van der Waals surface area contributed by atoms with E-state index in [0.29, 0.717) is 21.6 Å². The molecule has 4 nitrogen and oxygen atoms in total. The monoisotopic (exact) mass is 412 g/mol. The molecular formula is C25H17ClN2O2. The number of hydrogen-bond acceptors (Lipinski definition) is 2. The quantitative estimate of drug-likeness (QED) is 0.418. The molecule has 0 fully saturated rings. The van der Waals surface area contributed by atoms with Crippen molar-refractivity contribution in [3.8, 4) is 16.8 Å². The molecular weight excluding hydrogens is 396 g/mol. The van der Waals surface area contributed by atoms with E-state index in [1.54, 1.807) is 6.07 Å². The summed E-state index contributed by atoms with van der Waals surface area (Å²) < 4.78 is 1.21. The van der Waals surface area contributed by atoms with Gasteiger partial charge in [0.2, 0.25) is 0 Å². The molecule has 0 aliphatic rings. The van der Waals surface area contributed by atoms with Gasteiger partial charge in [0.25, 0.3) is 5.56 Å². The van der Waals surface area contributed by atoms with E-state index in [1.165, 1.54) is 4.57 Å². The highest BCUT2D eigenvalue weighted by atomic mass is 35.5. The van der Waals surface area contributed by atoms with Gasteiger partial charge in [0, 0.05) is 16.0 Å². The van der Waals surface area contributed by atoms with Crippen LogP contribution in [0.4, 0.5) is 0 Å². The molecule has 0 saturated heterocycles. The Morgan fingerprint density at radius 3 is 2.37 bits per heavy atom. The van der Waals surface area contributed by atoms with Crippen molar-refractivity contribution in [2.24, 2.45) is 0 Å². The van der Waals surface area contributed by atoms with Crippen LogP contribution in [0, 0.1) is 6.92 Å². The van der Waals surface area contributed by atoms with Crippen LogP contribution in [0.2, 0.25) is 5.02 Å². The SMILES string of the molecule is Cc1cc2c(=O)n(-c3cccc4ccccc34)c(=O)[nH]c2cc1-c1ccccc1Cl. The second-order valence-electron chi connectivity index (χ2n) is 7.26. The Bertz CT molecular complexity index is 1560. The van der Waals surface area contributed by atoms with Gasteiger partial charge in [-0.15, -0.1) is 0 Å². The molecule has 4 aromatic carbocycles. The van der Waals surface area contributed by atoms with Crippen LogP contribution in [0.15, 0.2) is 88.5 Å². The lowest BCUT2D eigenvalue weighted by molar-refractivity contribution is 0.908. The smallest absolute Gasteiger partial charge is 0.306 e. The number of aromatic nitrogens is 2. The molecule has 0 atom stereocenters. The molecule has 0 radical (unpaired) electrons. The number of hydrogen-bond donors (Lipinski definition) is 1. The number of benzene rings is 4. The Morgan fingerprint density at radius 2 is 1.53 bits per heavy atom. The molecule has 0 amide bonds. The van der Waals surface area contributed by atoms with Gasteiger partial charge in [-0.2, -0.15) is 0 Å². The summed E-state index contributed by atoms with van der Waals surface area (Å²) in [4.78, 5) is 29.2. The third kappa shape index (κ3) is 2.85. The van der Waals surface area contributed by atoms with Crippen molar-refractivity contribution in [1.82, 2.24) is 9.55 Å². The summed E-state index contributed by atoms with van der Waals surface area (Å²) in [6.45, 7) is 1.94. The molecule has 146 valence electrons. The third-order valence-electron chi connectivity index (χ3n) is 5.41. The molecule has 5 heteroatoms. The lowest BCUT2D eigenvalue weighted by atomic mass is 9.98. The van der Waals surface area contributed by atoms with Crippen LogP contribution in [0.25, 0.3) is 38.5 Å². The Hall–Kier alpha value is -3.63. The number of nitrogens with zero attached hydrogens (tertiary/aromatic N) is 1. The van der Waals surface area contributed by atoms with E-state index in [1.807, 2.05) is 79.7 Å². The minimum atomic E-state index is -0.474. The summed E-state index contributed by atoms with van der Waals surface area (Å²) in [5.74, 6) is 0. The van der Waals surface area contributed by atoms with Gasteiger partial charge < -0.3 is 4.98 Å². The first-order valence-corrected chi connectivity index (χ1v) is 9.95. The van der Waals surface area contributed by atoms with E-state index in [-0.39, 0.29) is 5.56 Å². The van der Waals surface area contributed by atoms with Gasteiger partial charge in [0.05, 0.1) is 16.6 Å². The summed E-state index contributed by atoms with van der Waals surface area (Å²) in [7, 11) is 0. The predicted octanol–water partition coefficient (Wildman–Crippen LogP) is 5.46. The Balaban J connectivity index is 1.81. The van der Waals surface area contributed by atoms with E-state index >= 15 is 0 Å². The molecule has 30 heavy (non-hydrogen) atoms. The summed E-state index contributed by atoms with van der Waals surface area (Å²) in [5.41, 5.74) is 2.88. The topological polar surface area (TPSA) is 54.9 Å². The average Bonchev–Trinajstić information content (AvgIpc) is 2.75. The lowest BCUT2D eigenvalue weighted by Gasteiger charge is -2.13. The molecule has 1 aromatic heterocycles. The highest BCUT2D eigenvalue weighted by molar-refractivity contribution is 6.33. The van der Waals surface area contributed by atoms with E-state index < -0.39 is 5.69 Å². The van der Waals surface area contributed by atoms with Gasteiger partial charge in [-0.05, 0) is 47.7 Å². The van der Waals surface area contributed by atoms with Crippen molar-refractivity contribution in [2.45, 2.75) is 6.92 Å². The van der Waals surface area contributed by atoms with Crippen LogP contribution >= 0.6 is 11.6 Å². The summed E-state index contributed by atoms with van der Waals surface area (Å²) in [6, 6.07) is 24.4. The summed E-state index contributed by atoms with van der Waals surface area (Å²) >= 11 is 6.37. The normalized spacial score (nSPS) is 11.3. The first-order valence-electron chi connectivity index (χ1n) is 9.57. The van der Waals surface area contributed by atoms with Crippen molar-refractivity contribution in [3.63, 3.8) is 0 Å². The molecule has 5 aromatic rings. The fourth-order valence-electron chi connectivity index (χ4n) is 3.96. The zero-order valence-electron chi connectivity index (χ0n) is 16.1. The van der Waals surface area contributed by atoms with Crippen LogP contribution < -0.4 is 11.2 Å². The summed E-state index contributed by atoms with van der Waals surface area (Å²) in [5, 5.41) is 2.88. The number of H-pyrrole nitrogens is 1. The van der Waals surface area contributed by atoms with E-state index in [0.717, 1.165) is 27.5 Å². The molecule has 0 aliphatic heterocycles. The van der Waals surface area contributed by atoms with Crippen molar-refractivity contribution >= 4 is 33.3 Å². The fourth-order valence-corrected chi connectivity index (χ4v) is 4.20. The van der Waals surface area contributed by atoms with Crippen LogP contribution in [-0.4, -0.2) is 9.55 Å². The second-order valence-corrected chi connectivity index (χ2v) is 7.67. The molecule has 0 unspecified atom stereocenters. The molecule has 1 heterocycles. The van der Waals surface area contributed by atoms with E-state index in [4.69, 9.17) is 11.6 Å². The highest BCUT2D eigenvalue weighted by Gasteiger charge is 2.15. The van der Waals surface area contributed by atoms with Gasteiger partial charge in [-0.1, -0.05) is 66.2 Å².